The maximum Gasteiger partial charge on any atom is 0.495 e. The van der Waals surface area contributed by atoms with Crippen LogP contribution in [0.25, 0.3) is 65.8 Å². The zero-order valence-electron chi connectivity index (χ0n) is 22.4. The normalized spacial score (nSPS) is 16.9. The molecule has 0 unspecified atom stereocenters. The molecule has 0 spiro atoms. The lowest BCUT2D eigenvalue weighted by Gasteiger charge is -2.32. The van der Waals surface area contributed by atoms with Crippen LogP contribution >= 0.6 is 0 Å². The van der Waals surface area contributed by atoms with Crippen LogP contribution in [-0.4, -0.2) is 18.3 Å². The third-order valence-corrected chi connectivity index (χ3v) is 8.73. The van der Waals surface area contributed by atoms with Gasteiger partial charge in [-0.2, -0.15) is 0 Å². The van der Waals surface area contributed by atoms with Gasteiger partial charge in [0, 0.05) is 26.9 Å². The summed E-state index contributed by atoms with van der Waals surface area (Å²) in [6, 6.07) is 31.6. The van der Waals surface area contributed by atoms with E-state index < -0.39 is 18.3 Å². The number of para-hydroxylation sites is 1. The lowest BCUT2D eigenvalue weighted by atomic mass is 9.76. The van der Waals surface area contributed by atoms with Gasteiger partial charge in [0.25, 0.3) is 0 Å². The second-order valence-electron chi connectivity index (χ2n) is 11.6. The Bertz CT molecular complexity index is 2080. The third-order valence-electron chi connectivity index (χ3n) is 8.73. The first kappa shape index (κ1) is 22.9. The quantitative estimate of drug-likeness (QED) is 0.219. The zero-order chi connectivity index (χ0) is 26.5. The van der Waals surface area contributed by atoms with Gasteiger partial charge in [-0.05, 0) is 80.0 Å². The van der Waals surface area contributed by atoms with Crippen LogP contribution in [0.1, 0.15) is 27.7 Å². The highest BCUT2D eigenvalue weighted by Gasteiger charge is 2.52. The predicted molar refractivity (Wildman–Crippen MR) is 160 cm³/mol. The minimum Gasteiger partial charge on any atom is -0.456 e. The van der Waals surface area contributed by atoms with Crippen molar-refractivity contribution in [2.45, 2.75) is 38.9 Å². The molecule has 0 N–H and O–H groups in total. The molecule has 1 saturated heterocycles. The van der Waals surface area contributed by atoms with Crippen LogP contribution in [0.4, 0.5) is 0 Å². The molecule has 0 radical (unpaired) electrons. The molecule has 0 saturated carbocycles. The monoisotopic (exact) mass is 510 g/mol. The predicted octanol–water partition coefficient (Wildman–Crippen LogP) is 8.60. The zero-order valence-corrected chi connectivity index (χ0v) is 22.4. The maximum absolute atomic E-state index is 6.45. The van der Waals surface area contributed by atoms with Gasteiger partial charge in [0.1, 0.15) is 22.3 Å². The van der Waals surface area contributed by atoms with Crippen LogP contribution in [-0.2, 0) is 9.31 Å². The Labute approximate surface area is 226 Å². The van der Waals surface area contributed by atoms with E-state index in [1.165, 1.54) is 0 Å². The van der Waals surface area contributed by atoms with Crippen molar-refractivity contribution in [3.63, 3.8) is 0 Å². The molecule has 5 heteroatoms. The van der Waals surface area contributed by atoms with Gasteiger partial charge >= 0.3 is 7.12 Å². The van der Waals surface area contributed by atoms with Gasteiger partial charge in [0.05, 0.1) is 11.2 Å². The van der Waals surface area contributed by atoms with Crippen LogP contribution in [0.5, 0.6) is 0 Å². The first-order valence-electron chi connectivity index (χ1n) is 13.4. The van der Waals surface area contributed by atoms with Crippen molar-refractivity contribution in [3.8, 4) is 11.1 Å². The number of furan rings is 2. The van der Waals surface area contributed by atoms with Gasteiger partial charge in [0.2, 0.25) is 0 Å². The summed E-state index contributed by atoms with van der Waals surface area (Å²) in [7, 11) is -0.474. The molecule has 4 nitrogen and oxygen atoms in total. The summed E-state index contributed by atoms with van der Waals surface area (Å²) in [6.45, 7) is 8.33. The molecule has 0 bridgehead atoms. The molecule has 8 rings (SSSR count). The van der Waals surface area contributed by atoms with Crippen molar-refractivity contribution in [3.05, 3.63) is 91.0 Å². The van der Waals surface area contributed by atoms with Crippen molar-refractivity contribution in [2.24, 2.45) is 0 Å². The Morgan fingerprint density at radius 2 is 1.21 bits per heavy atom. The van der Waals surface area contributed by atoms with E-state index in [4.69, 9.17) is 18.1 Å². The number of hydrogen-bond donors (Lipinski definition) is 0. The van der Waals surface area contributed by atoms with E-state index in [-0.39, 0.29) is 0 Å². The van der Waals surface area contributed by atoms with E-state index in [1.807, 2.05) is 24.3 Å². The molecule has 190 valence electrons. The van der Waals surface area contributed by atoms with Crippen LogP contribution in [0.3, 0.4) is 0 Å². The van der Waals surface area contributed by atoms with E-state index in [1.54, 1.807) is 0 Å². The van der Waals surface area contributed by atoms with Gasteiger partial charge in [-0.25, -0.2) is 0 Å². The fraction of sp³-hybridized carbons (Fsp3) is 0.176. The third kappa shape index (κ3) is 3.21. The summed E-state index contributed by atoms with van der Waals surface area (Å²) in [5.41, 5.74) is 5.92. The average molecular weight is 510 g/mol. The average Bonchev–Trinajstić information content (AvgIpc) is 3.56. The fourth-order valence-corrected chi connectivity index (χ4v) is 5.97. The largest absolute Gasteiger partial charge is 0.495 e. The van der Waals surface area contributed by atoms with Crippen LogP contribution in [0, 0.1) is 0 Å². The van der Waals surface area contributed by atoms with Crippen molar-refractivity contribution in [1.29, 1.82) is 0 Å². The Balaban J connectivity index is 1.39. The first-order valence-corrected chi connectivity index (χ1v) is 13.4. The van der Waals surface area contributed by atoms with Crippen molar-refractivity contribution >= 4 is 67.2 Å². The van der Waals surface area contributed by atoms with Crippen LogP contribution in [0.15, 0.2) is 99.8 Å². The summed E-state index contributed by atoms with van der Waals surface area (Å²) >= 11 is 0. The second-order valence-corrected chi connectivity index (χ2v) is 11.6. The molecular weight excluding hydrogens is 483 g/mol. The minimum atomic E-state index is -0.474. The Kier molecular flexibility index (Phi) is 4.55. The molecule has 1 aliphatic heterocycles. The minimum absolute atomic E-state index is 0.424. The molecule has 0 amide bonds. The van der Waals surface area contributed by atoms with Gasteiger partial charge in [-0.15, -0.1) is 0 Å². The van der Waals surface area contributed by atoms with E-state index in [9.17, 15) is 0 Å². The Morgan fingerprint density at radius 1 is 0.538 bits per heavy atom. The SMILES string of the molecule is CC1(C)OB(c2cccc3oc4ccc(-c5cc6c7ccccc7oc6c6ccccc56)cc4c23)OC1(C)C. The van der Waals surface area contributed by atoms with E-state index >= 15 is 0 Å². The number of fused-ring (bicyclic) bond motifs is 8. The molecular formula is C34H27BO4. The van der Waals surface area contributed by atoms with Crippen molar-refractivity contribution in [1.82, 2.24) is 0 Å². The molecule has 39 heavy (non-hydrogen) atoms. The number of hydrogen-bond acceptors (Lipinski definition) is 4. The first-order chi connectivity index (χ1) is 18.8. The molecule has 2 aromatic heterocycles. The summed E-state index contributed by atoms with van der Waals surface area (Å²) in [5.74, 6) is 0. The summed E-state index contributed by atoms with van der Waals surface area (Å²) in [4.78, 5) is 0. The number of benzene rings is 5. The van der Waals surface area contributed by atoms with E-state index in [0.29, 0.717) is 0 Å². The lowest BCUT2D eigenvalue weighted by Crippen LogP contribution is -2.41. The topological polar surface area (TPSA) is 44.7 Å². The van der Waals surface area contributed by atoms with Crippen LogP contribution in [0.2, 0.25) is 0 Å². The standard InChI is InChI=1S/C34H27BO4/c1-33(2)34(3,4)39-35(38-33)27-13-9-15-30-31(27)26-18-20(16-17-29(26)36-30)24-19-25-22-11-7-8-14-28(22)37-32(25)23-12-6-5-10-21(23)24/h5-19H,1-4H3. The molecule has 3 heterocycles. The van der Waals surface area contributed by atoms with E-state index in [2.05, 4.69) is 94.4 Å². The molecule has 5 aromatic carbocycles. The number of rotatable bonds is 2. The Hall–Kier alpha value is -4.06. The molecule has 7 aromatic rings. The highest BCUT2D eigenvalue weighted by Crippen LogP contribution is 2.42. The molecule has 1 fully saturated rings. The molecule has 1 aliphatic rings. The smallest absolute Gasteiger partial charge is 0.456 e. The highest BCUT2D eigenvalue weighted by molar-refractivity contribution is 6.66. The summed E-state index contributed by atoms with van der Waals surface area (Å²) in [5, 5.41) is 6.59. The van der Waals surface area contributed by atoms with Gasteiger partial charge in [0.15, 0.2) is 0 Å². The van der Waals surface area contributed by atoms with Crippen LogP contribution < -0.4 is 5.46 Å². The second kappa shape index (κ2) is 7.75. The van der Waals surface area contributed by atoms with Crippen molar-refractivity contribution in [2.75, 3.05) is 0 Å². The van der Waals surface area contributed by atoms with Gasteiger partial charge in [-0.3, -0.25) is 0 Å². The van der Waals surface area contributed by atoms with Crippen molar-refractivity contribution < 1.29 is 18.1 Å². The molecule has 0 atom stereocenters. The lowest BCUT2D eigenvalue weighted by molar-refractivity contribution is 0.00578. The molecule has 0 aliphatic carbocycles. The fourth-order valence-electron chi connectivity index (χ4n) is 5.97. The highest BCUT2D eigenvalue weighted by atomic mass is 16.7. The maximum atomic E-state index is 6.45. The van der Waals surface area contributed by atoms with Gasteiger partial charge in [-0.1, -0.05) is 60.7 Å². The summed E-state index contributed by atoms with van der Waals surface area (Å²) < 4.78 is 25.6. The Morgan fingerprint density at radius 3 is 2.00 bits per heavy atom. The van der Waals surface area contributed by atoms with Gasteiger partial charge < -0.3 is 18.1 Å². The van der Waals surface area contributed by atoms with E-state index in [0.717, 1.165) is 71.2 Å². The summed E-state index contributed by atoms with van der Waals surface area (Å²) in [6.07, 6.45) is 0.